The minimum absolute atomic E-state index is 0.150. The molecule has 3 rings (SSSR count). The number of para-hydroxylation sites is 1. The van der Waals surface area contributed by atoms with Crippen molar-refractivity contribution in [3.63, 3.8) is 0 Å². The van der Waals surface area contributed by atoms with E-state index in [1.54, 1.807) is 0 Å². The molecule has 1 heterocycles. The van der Waals surface area contributed by atoms with E-state index in [0.717, 1.165) is 26.7 Å². The first-order valence-corrected chi connectivity index (χ1v) is 8.06. The molecule has 116 valence electrons. The summed E-state index contributed by atoms with van der Waals surface area (Å²) in [5.41, 5.74) is 5.39. The maximum Gasteiger partial charge on any atom is 0.259 e. The van der Waals surface area contributed by atoms with Crippen molar-refractivity contribution in [2.24, 2.45) is 5.10 Å². The number of hydrogen-bond acceptors (Lipinski definition) is 2. The van der Waals surface area contributed by atoms with E-state index in [4.69, 9.17) is 0 Å². The fourth-order valence-corrected chi connectivity index (χ4v) is 2.63. The summed E-state index contributed by atoms with van der Waals surface area (Å²) in [5, 5.41) is 5.29. The van der Waals surface area contributed by atoms with E-state index in [9.17, 15) is 4.79 Å². The number of hydrogen-bond donors (Lipinski definition) is 1. The van der Waals surface area contributed by atoms with Crippen LogP contribution >= 0.6 is 15.9 Å². The zero-order valence-corrected chi connectivity index (χ0v) is 14.2. The molecule has 1 aromatic heterocycles. The highest BCUT2D eigenvalue weighted by atomic mass is 79.9. The molecule has 0 radical (unpaired) electrons. The van der Waals surface area contributed by atoms with Gasteiger partial charge in [-0.2, -0.15) is 5.10 Å². The van der Waals surface area contributed by atoms with Gasteiger partial charge in [-0.3, -0.25) is 4.79 Å². The number of hydrazone groups is 1. The lowest BCUT2D eigenvalue weighted by molar-refractivity contribution is -0.121. The summed E-state index contributed by atoms with van der Waals surface area (Å²) in [5.74, 6) is -0.150. The van der Waals surface area contributed by atoms with E-state index in [1.165, 1.54) is 0 Å². The van der Waals surface area contributed by atoms with Crippen LogP contribution in [0.5, 0.6) is 0 Å². The Morgan fingerprint density at radius 3 is 2.65 bits per heavy atom. The van der Waals surface area contributed by atoms with Crippen LogP contribution in [0.4, 0.5) is 0 Å². The molecule has 1 amide bonds. The molecule has 0 fully saturated rings. The number of halogens is 1. The lowest BCUT2D eigenvalue weighted by Crippen LogP contribution is -2.23. The van der Waals surface area contributed by atoms with Gasteiger partial charge in [0.05, 0.1) is 5.71 Å². The quantitative estimate of drug-likeness (QED) is 0.549. The molecule has 0 unspecified atom stereocenters. The molecule has 4 nitrogen and oxygen atoms in total. The fourth-order valence-electron chi connectivity index (χ4n) is 2.37. The number of nitrogens with zero attached hydrogens (tertiary/aromatic N) is 2. The third-order valence-corrected chi connectivity index (χ3v) is 4.13. The number of amides is 1. The third kappa shape index (κ3) is 3.68. The molecular formula is C18H16BrN3O. The highest BCUT2D eigenvalue weighted by molar-refractivity contribution is 9.10. The third-order valence-electron chi connectivity index (χ3n) is 3.60. The van der Waals surface area contributed by atoms with Gasteiger partial charge < -0.3 is 4.57 Å². The Morgan fingerprint density at radius 2 is 1.87 bits per heavy atom. The zero-order chi connectivity index (χ0) is 16.2. The van der Waals surface area contributed by atoms with Crippen LogP contribution in [0, 0.1) is 0 Å². The average Bonchev–Trinajstić information content (AvgIpc) is 2.96. The Labute approximate surface area is 142 Å². The second-order valence-corrected chi connectivity index (χ2v) is 6.16. The molecule has 0 aliphatic heterocycles. The first kappa shape index (κ1) is 15.5. The SMILES string of the molecule is C/C(=N\NC(=O)Cn1ccc2ccccc21)c1ccc(Br)cc1. The molecule has 0 atom stereocenters. The number of aromatic nitrogens is 1. The lowest BCUT2D eigenvalue weighted by atomic mass is 10.1. The first-order chi connectivity index (χ1) is 11.1. The normalized spacial score (nSPS) is 11.7. The highest BCUT2D eigenvalue weighted by Gasteiger charge is 2.05. The number of fused-ring (bicyclic) bond motifs is 1. The monoisotopic (exact) mass is 369 g/mol. The predicted molar refractivity (Wildman–Crippen MR) is 96.4 cm³/mol. The van der Waals surface area contributed by atoms with Crippen molar-refractivity contribution in [3.05, 3.63) is 70.8 Å². The summed E-state index contributed by atoms with van der Waals surface area (Å²) in [7, 11) is 0. The fraction of sp³-hybridized carbons (Fsp3) is 0.111. The van der Waals surface area contributed by atoms with Crippen molar-refractivity contribution < 1.29 is 4.79 Å². The molecule has 3 aromatic rings. The maximum absolute atomic E-state index is 12.1. The van der Waals surface area contributed by atoms with Gasteiger partial charge in [-0.1, -0.05) is 46.3 Å². The molecule has 0 aliphatic carbocycles. The molecule has 2 aromatic carbocycles. The number of carbonyl (C=O) groups excluding carboxylic acids is 1. The Balaban J connectivity index is 1.67. The smallest absolute Gasteiger partial charge is 0.259 e. The van der Waals surface area contributed by atoms with Gasteiger partial charge in [0.1, 0.15) is 6.54 Å². The molecule has 5 heteroatoms. The zero-order valence-electron chi connectivity index (χ0n) is 12.7. The van der Waals surface area contributed by atoms with Crippen molar-refractivity contribution in [2.75, 3.05) is 0 Å². The van der Waals surface area contributed by atoms with Gasteiger partial charge in [-0.05, 0) is 42.1 Å². The molecule has 0 spiro atoms. The largest absolute Gasteiger partial charge is 0.338 e. The Morgan fingerprint density at radius 1 is 1.13 bits per heavy atom. The number of rotatable bonds is 4. The van der Waals surface area contributed by atoms with Crippen LogP contribution in [0.2, 0.25) is 0 Å². The van der Waals surface area contributed by atoms with Crippen LogP contribution in [0.3, 0.4) is 0 Å². The molecule has 23 heavy (non-hydrogen) atoms. The van der Waals surface area contributed by atoms with Crippen molar-refractivity contribution in [3.8, 4) is 0 Å². The van der Waals surface area contributed by atoms with Crippen LogP contribution in [0.15, 0.2) is 70.4 Å². The van der Waals surface area contributed by atoms with Crippen LogP contribution in [-0.2, 0) is 11.3 Å². The van der Waals surface area contributed by atoms with Crippen molar-refractivity contribution >= 4 is 38.5 Å². The summed E-state index contributed by atoms with van der Waals surface area (Å²) in [6.45, 7) is 2.11. The summed E-state index contributed by atoms with van der Waals surface area (Å²) >= 11 is 3.40. The summed E-state index contributed by atoms with van der Waals surface area (Å²) in [6.07, 6.45) is 1.91. The highest BCUT2D eigenvalue weighted by Crippen LogP contribution is 2.14. The summed E-state index contributed by atoms with van der Waals surface area (Å²) in [6, 6.07) is 17.8. The Kier molecular flexibility index (Phi) is 4.57. The Bertz CT molecular complexity index is 865. The van der Waals surface area contributed by atoms with Gasteiger partial charge in [-0.25, -0.2) is 5.43 Å². The van der Waals surface area contributed by atoms with E-state index in [-0.39, 0.29) is 12.5 Å². The predicted octanol–water partition coefficient (Wildman–Crippen LogP) is 3.94. The minimum atomic E-state index is -0.150. The van der Waals surface area contributed by atoms with E-state index >= 15 is 0 Å². The number of carbonyl (C=O) groups is 1. The standard InChI is InChI=1S/C18H16BrN3O/c1-13(14-6-8-16(19)9-7-14)20-21-18(23)12-22-11-10-15-4-2-3-5-17(15)22/h2-11H,12H2,1H3,(H,21,23)/b20-13+. The number of benzene rings is 2. The van der Waals surface area contributed by atoms with Crippen molar-refractivity contribution in [2.45, 2.75) is 13.5 Å². The van der Waals surface area contributed by atoms with Crippen molar-refractivity contribution in [1.29, 1.82) is 0 Å². The maximum atomic E-state index is 12.1. The van der Waals surface area contributed by atoms with Gasteiger partial charge >= 0.3 is 0 Å². The molecule has 0 saturated carbocycles. The van der Waals surface area contributed by atoms with Crippen LogP contribution < -0.4 is 5.43 Å². The molecular weight excluding hydrogens is 354 g/mol. The molecule has 0 saturated heterocycles. The van der Waals surface area contributed by atoms with Crippen LogP contribution in [-0.4, -0.2) is 16.2 Å². The molecule has 0 aliphatic rings. The summed E-state index contributed by atoms with van der Waals surface area (Å²) in [4.78, 5) is 12.1. The minimum Gasteiger partial charge on any atom is -0.338 e. The van der Waals surface area contributed by atoms with Gasteiger partial charge in [0.25, 0.3) is 5.91 Å². The molecule has 0 bridgehead atoms. The van der Waals surface area contributed by atoms with E-state index in [2.05, 4.69) is 26.5 Å². The van der Waals surface area contributed by atoms with E-state index in [1.807, 2.05) is 72.3 Å². The lowest BCUT2D eigenvalue weighted by Gasteiger charge is -2.05. The molecule has 1 N–H and O–H groups in total. The van der Waals surface area contributed by atoms with E-state index < -0.39 is 0 Å². The van der Waals surface area contributed by atoms with Crippen molar-refractivity contribution in [1.82, 2.24) is 9.99 Å². The van der Waals surface area contributed by atoms with Crippen LogP contribution in [0.1, 0.15) is 12.5 Å². The van der Waals surface area contributed by atoms with Gasteiger partial charge in [0.15, 0.2) is 0 Å². The first-order valence-electron chi connectivity index (χ1n) is 7.26. The second-order valence-electron chi connectivity index (χ2n) is 5.24. The Hall–Kier alpha value is -2.40. The second kappa shape index (κ2) is 6.79. The van der Waals surface area contributed by atoms with Gasteiger partial charge in [-0.15, -0.1) is 0 Å². The number of nitrogens with one attached hydrogen (secondary N) is 1. The van der Waals surface area contributed by atoms with Crippen LogP contribution in [0.25, 0.3) is 10.9 Å². The van der Waals surface area contributed by atoms with Gasteiger partial charge in [0, 0.05) is 16.2 Å². The van der Waals surface area contributed by atoms with Gasteiger partial charge in [0.2, 0.25) is 0 Å². The van der Waals surface area contributed by atoms with E-state index in [0.29, 0.717) is 0 Å². The average molecular weight is 370 g/mol. The topological polar surface area (TPSA) is 46.4 Å². The summed E-state index contributed by atoms with van der Waals surface area (Å²) < 4.78 is 2.92.